The van der Waals surface area contributed by atoms with Crippen LogP contribution in [0.4, 0.5) is 5.13 Å². The molecule has 4 rings (SSSR count). The average Bonchev–Trinajstić information content (AvgIpc) is 3.34. The predicted molar refractivity (Wildman–Crippen MR) is 128 cm³/mol. The van der Waals surface area contributed by atoms with Gasteiger partial charge in [-0.05, 0) is 61.9 Å². The fraction of sp³-hybridized carbons (Fsp3) is 0.130. The normalized spacial score (nSPS) is 11.5. The minimum atomic E-state index is -3.74. The molecule has 0 aliphatic carbocycles. The van der Waals surface area contributed by atoms with E-state index in [-0.39, 0.29) is 16.6 Å². The summed E-state index contributed by atoms with van der Waals surface area (Å²) in [7, 11) is -3.74. The molecule has 4 aromatic rings. The standard InChI is InChI=1S/C23H22N4O4S2/c1-14-11-20(15(2)27(14)12-16-3-9-19(10-4-16)33(24,30)31)22(29)26-23-25-21(13-32-23)17-5-7-18(28)8-6-17/h3-11,13,28H,12H2,1-2H3,(H2,24,30,31)(H,25,26,29). The van der Waals surface area contributed by atoms with Crippen LogP contribution in [0.25, 0.3) is 11.3 Å². The summed E-state index contributed by atoms with van der Waals surface area (Å²) in [6, 6.07) is 14.9. The number of hydrogen-bond acceptors (Lipinski definition) is 6. The van der Waals surface area contributed by atoms with E-state index in [0.717, 1.165) is 22.5 Å². The minimum absolute atomic E-state index is 0.0578. The molecule has 4 N–H and O–H groups in total. The molecule has 0 radical (unpaired) electrons. The van der Waals surface area contributed by atoms with Crippen LogP contribution in [-0.4, -0.2) is 29.0 Å². The summed E-state index contributed by atoms with van der Waals surface area (Å²) >= 11 is 1.32. The molecule has 0 saturated carbocycles. The molecule has 0 spiro atoms. The molecule has 2 aromatic heterocycles. The van der Waals surface area contributed by atoms with Gasteiger partial charge in [0.05, 0.1) is 16.2 Å². The van der Waals surface area contributed by atoms with E-state index >= 15 is 0 Å². The van der Waals surface area contributed by atoms with Crippen LogP contribution < -0.4 is 10.5 Å². The average molecular weight is 483 g/mol. The Morgan fingerprint density at radius 1 is 1.12 bits per heavy atom. The number of anilines is 1. The van der Waals surface area contributed by atoms with Crippen molar-refractivity contribution in [2.75, 3.05) is 5.32 Å². The number of nitrogens with two attached hydrogens (primary N) is 1. The summed E-state index contributed by atoms with van der Waals surface area (Å²) in [6.45, 7) is 4.26. The maximum atomic E-state index is 12.9. The third kappa shape index (κ3) is 4.98. The first kappa shape index (κ1) is 22.7. The molecule has 170 valence electrons. The number of carbonyl (C=O) groups is 1. The van der Waals surface area contributed by atoms with Crippen molar-refractivity contribution >= 4 is 32.4 Å². The Hall–Kier alpha value is -3.47. The number of benzene rings is 2. The number of sulfonamides is 1. The van der Waals surface area contributed by atoms with E-state index in [0.29, 0.717) is 22.9 Å². The van der Waals surface area contributed by atoms with Crippen LogP contribution in [0.2, 0.25) is 0 Å². The van der Waals surface area contributed by atoms with Crippen molar-refractivity contribution in [1.29, 1.82) is 0 Å². The van der Waals surface area contributed by atoms with Gasteiger partial charge in [0.25, 0.3) is 5.91 Å². The van der Waals surface area contributed by atoms with Crippen molar-refractivity contribution in [3.05, 3.63) is 82.5 Å². The summed E-state index contributed by atoms with van der Waals surface area (Å²) in [4.78, 5) is 17.5. The minimum Gasteiger partial charge on any atom is -0.508 e. The molecule has 0 aliphatic heterocycles. The first-order valence-electron chi connectivity index (χ1n) is 9.96. The summed E-state index contributed by atoms with van der Waals surface area (Å²) in [5, 5.41) is 19.8. The molecule has 0 aliphatic rings. The number of aryl methyl sites for hydroxylation is 1. The van der Waals surface area contributed by atoms with Gasteiger partial charge < -0.3 is 9.67 Å². The second kappa shape index (κ2) is 8.81. The van der Waals surface area contributed by atoms with Crippen molar-refractivity contribution in [2.24, 2.45) is 5.14 Å². The summed E-state index contributed by atoms with van der Waals surface area (Å²) in [5.41, 5.74) is 4.66. The van der Waals surface area contributed by atoms with E-state index in [2.05, 4.69) is 10.3 Å². The molecular weight excluding hydrogens is 460 g/mol. The van der Waals surface area contributed by atoms with Crippen molar-refractivity contribution in [3.8, 4) is 17.0 Å². The highest BCUT2D eigenvalue weighted by molar-refractivity contribution is 7.89. The SMILES string of the molecule is Cc1cc(C(=O)Nc2nc(-c3ccc(O)cc3)cs2)c(C)n1Cc1ccc(S(N)(=O)=O)cc1. The summed E-state index contributed by atoms with van der Waals surface area (Å²) in [5.74, 6) is -0.0799. The zero-order valence-corrected chi connectivity index (χ0v) is 19.6. The van der Waals surface area contributed by atoms with Gasteiger partial charge in [-0.1, -0.05) is 12.1 Å². The van der Waals surface area contributed by atoms with E-state index in [1.807, 2.05) is 29.9 Å². The van der Waals surface area contributed by atoms with Crippen LogP contribution >= 0.6 is 11.3 Å². The molecule has 1 amide bonds. The number of nitrogens with one attached hydrogen (secondary N) is 1. The lowest BCUT2D eigenvalue weighted by molar-refractivity contribution is 0.102. The number of phenols is 1. The molecule has 0 saturated heterocycles. The lowest BCUT2D eigenvalue weighted by Gasteiger charge is -2.10. The van der Waals surface area contributed by atoms with Gasteiger partial charge >= 0.3 is 0 Å². The topological polar surface area (TPSA) is 127 Å². The smallest absolute Gasteiger partial charge is 0.259 e. The number of thiazole rings is 1. The van der Waals surface area contributed by atoms with Gasteiger partial charge in [-0.25, -0.2) is 18.5 Å². The van der Waals surface area contributed by atoms with Crippen molar-refractivity contribution in [3.63, 3.8) is 0 Å². The Kier molecular flexibility index (Phi) is 6.07. The molecule has 0 atom stereocenters. The second-order valence-corrected chi connectivity index (χ2v) is 10.0. The lowest BCUT2D eigenvalue weighted by atomic mass is 10.2. The van der Waals surface area contributed by atoms with Crippen LogP contribution in [0.5, 0.6) is 5.75 Å². The van der Waals surface area contributed by atoms with Crippen molar-refractivity contribution in [1.82, 2.24) is 9.55 Å². The Balaban J connectivity index is 1.50. The molecule has 0 fully saturated rings. The molecule has 2 aromatic carbocycles. The van der Waals surface area contributed by atoms with Gasteiger partial charge in [0.2, 0.25) is 10.0 Å². The fourth-order valence-electron chi connectivity index (χ4n) is 3.50. The monoisotopic (exact) mass is 482 g/mol. The Bertz CT molecular complexity index is 1420. The van der Waals surface area contributed by atoms with Gasteiger partial charge in [0.1, 0.15) is 5.75 Å². The lowest BCUT2D eigenvalue weighted by Crippen LogP contribution is -2.14. The highest BCUT2D eigenvalue weighted by atomic mass is 32.2. The first-order chi connectivity index (χ1) is 15.6. The van der Waals surface area contributed by atoms with E-state index in [9.17, 15) is 18.3 Å². The van der Waals surface area contributed by atoms with Crippen LogP contribution in [0.1, 0.15) is 27.3 Å². The molecule has 0 bridgehead atoms. The first-order valence-corrected chi connectivity index (χ1v) is 12.4. The third-order valence-corrected chi connectivity index (χ3v) is 6.99. The molecular formula is C23H22N4O4S2. The molecule has 8 nitrogen and oxygen atoms in total. The van der Waals surface area contributed by atoms with E-state index in [1.54, 1.807) is 36.4 Å². The van der Waals surface area contributed by atoms with E-state index < -0.39 is 10.0 Å². The largest absolute Gasteiger partial charge is 0.508 e. The Morgan fingerprint density at radius 3 is 2.42 bits per heavy atom. The van der Waals surface area contributed by atoms with E-state index in [4.69, 9.17) is 5.14 Å². The van der Waals surface area contributed by atoms with Crippen LogP contribution in [0, 0.1) is 13.8 Å². The number of aromatic hydroxyl groups is 1. The molecule has 0 unspecified atom stereocenters. The maximum absolute atomic E-state index is 12.9. The van der Waals surface area contributed by atoms with Crippen molar-refractivity contribution < 1.29 is 18.3 Å². The highest BCUT2D eigenvalue weighted by Gasteiger charge is 2.18. The number of rotatable bonds is 6. The number of nitrogens with zero attached hydrogens (tertiary/aromatic N) is 2. The molecule has 2 heterocycles. The number of primary sulfonamides is 1. The van der Waals surface area contributed by atoms with Crippen LogP contribution in [-0.2, 0) is 16.6 Å². The number of hydrogen-bond donors (Lipinski definition) is 3. The highest BCUT2D eigenvalue weighted by Crippen LogP contribution is 2.27. The Labute approximate surface area is 195 Å². The molecule has 10 heteroatoms. The van der Waals surface area contributed by atoms with Gasteiger partial charge in [0.15, 0.2) is 5.13 Å². The summed E-state index contributed by atoms with van der Waals surface area (Å²) < 4.78 is 24.9. The Morgan fingerprint density at radius 2 is 1.79 bits per heavy atom. The quantitative estimate of drug-likeness (QED) is 0.384. The van der Waals surface area contributed by atoms with Crippen LogP contribution in [0.15, 0.2) is 64.9 Å². The van der Waals surface area contributed by atoms with Gasteiger partial charge in [-0.3, -0.25) is 10.1 Å². The van der Waals surface area contributed by atoms with Gasteiger partial charge in [0, 0.05) is 28.9 Å². The summed E-state index contributed by atoms with van der Waals surface area (Å²) in [6.07, 6.45) is 0. The number of carbonyl (C=O) groups excluding carboxylic acids is 1. The third-order valence-electron chi connectivity index (χ3n) is 5.30. The number of phenolic OH excluding ortho intramolecular Hbond substituents is 1. The zero-order valence-electron chi connectivity index (χ0n) is 17.9. The number of amides is 1. The van der Waals surface area contributed by atoms with E-state index in [1.165, 1.54) is 23.5 Å². The molecule has 33 heavy (non-hydrogen) atoms. The maximum Gasteiger partial charge on any atom is 0.259 e. The van der Waals surface area contributed by atoms with Gasteiger partial charge in [-0.15, -0.1) is 11.3 Å². The van der Waals surface area contributed by atoms with Crippen molar-refractivity contribution in [2.45, 2.75) is 25.3 Å². The van der Waals surface area contributed by atoms with Gasteiger partial charge in [-0.2, -0.15) is 0 Å². The number of aromatic nitrogens is 2. The predicted octanol–water partition coefficient (Wildman–Crippen LogP) is 3.88. The fourth-order valence-corrected chi connectivity index (χ4v) is 4.73. The second-order valence-electron chi connectivity index (χ2n) is 7.60. The van der Waals surface area contributed by atoms with Crippen LogP contribution in [0.3, 0.4) is 0 Å². The zero-order chi connectivity index (χ0) is 23.8.